The molecular weight excluding hydrogens is 1410 g/mol. The lowest BCUT2D eigenvalue weighted by Crippen LogP contribution is -2.60. The number of aromatic nitrogens is 3. The molecule has 3 aliphatic heterocycles. The molecule has 1 aromatic heterocycles. The highest BCUT2D eigenvalue weighted by Crippen LogP contribution is 2.52. The molecule has 38 heteroatoms. The number of unbranched alkanes of at least 4 members (excludes halogenated alkanes) is 3. The molecule has 0 fully saturated rings. The Labute approximate surface area is 575 Å². The molecule has 4 heterocycles. The molecule has 6 rings (SSSR count). The Hall–Kier alpha value is -6.45. The number of hydrogen-bond acceptors (Lipinski definition) is 21. The van der Waals surface area contributed by atoms with Crippen LogP contribution in [0.1, 0.15) is 135 Å². The van der Waals surface area contributed by atoms with Gasteiger partial charge in [-0.15, -0.1) is 0 Å². The normalized spacial score (nSPS) is 22.5. The van der Waals surface area contributed by atoms with E-state index in [0.717, 1.165) is 24.2 Å². The molecule has 0 spiro atoms. The van der Waals surface area contributed by atoms with Crippen molar-refractivity contribution in [2.45, 2.75) is 168 Å². The van der Waals surface area contributed by atoms with Crippen molar-refractivity contribution in [1.82, 2.24) is 41.5 Å². The summed E-state index contributed by atoms with van der Waals surface area (Å²) in [5.41, 5.74) is 1.62. The maximum absolute atomic E-state index is 13.7. The summed E-state index contributed by atoms with van der Waals surface area (Å²) < 4.78 is 173. The predicted octanol–water partition coefficient (Wildman–Crippen LogP) is 4.63. The highest BCUT2D eigenvalue weighted by molar-refractivity contribution is 7.86. The Morgan fingerprint density at radius 3 is 1.66 bits per heavy atom. The Kier molecular flexibility index (Phi) is 28.3. The van der Waals surface area contributed by atoms with Crippen LogP contribution >= 0.6 is 23.2 Å². The summed E-state index contributed by atoms with van der Waals surface area (Å²) in [6.07, 6.45) is 15.7. The number of nitrogens with zero attached hydrogens (tertiary/aromatic N) is 5. The van der Waals surface area contributed by atoms with Crippen molar-refractivity contribution in [3.8, 4) is 0 Å². The predicted molar refractivity (Wildman–Crippen MR) is 361 cm³/mol. The van der Waals surface area contributed by atoms with E-state index >= 15 is 0 Å². The maximum Gasteiger partial charge on any atom is 0.294 e. The highest BCUT2D eigenvalue weighted by Gasteiger charge is 2.45. The highest BCUT2D eigenvalue weighted by atomic mass is 35.5. The van der Waals surface area contributed by atoms with Gasteiger partial charge in [-0.3, -0.25) is 46.7 Å². The number of fused-ring (bicyclic) bond motifs is 6. The maximum atomic E-state index is 13.7. The molecule has 97 heavy (non-hydrogen) atoms. The summed E-state index contributed by atoms with van der Waals surface area (Å²) in [5.74, 6) is -10.1. The second-order valence-corrected chi connectivity index (χ2v) is 32.6. The number of carbonyl (C=O) groups is 5. The molecule has 0 saturated carbocycles. The fourth-order valence-corrected chi connectivity index (χ4v) is 15.3. The van der Waals surface area contributed by atoms with Gasteiger partial charge in [0.25, 0.3) is 50.6 Å². The number of carbonyl (C=O) groups excluding carboxylic acids is 5. The lowest BCUT2D eigenvalue weighted by Gasteiger charge is -2.32. The van der Waals surface area contributed by atoms with Crippen molar-refractivity contribution in [3.63, 3.8) is 0 Å². The van der Waals surface area contributed by atoms with Crippen LogP contribution in [-0.4, -0.2) is 183 Å². The fourth-order valence-electron chi connectivity index (χ4n) is 11.9. The second kappa shape index (κ2) is 34.6. The average Bonchev–Trinajstić information content (AvgIpc) is 1.59. The van der Waals surface area contributed by atoms with Gasteiger partial charge < -0.3 is 41.7 Å². The van der Waals surface area contributed by atoms with E-state index in [-0.39, 0.29) is 83.4 Å². The van der Waals surface area contributed by atoms with Crippen molar-refractivity contribution in [2.24, 2.45) is 0 Å². The zero-order valence-corrected chi connectivity index (χ0v) is 59.1. The lowest BCUT2D eigenvalue weighted by molar-refractivity contribution is -0.132. The third-order valence-corrected chi connectivity index (χ3v) is 21.0. The van der Waals surface area contributed by atoms with E-state index in [0.29, 0.717) is 87.8 Å². The summed E-state index contributed by atoms with van der Waals surface area (Å²) in [7, 11) is -24.8. The minimum absolute atomic E-state index is 0.0626. The molecule has 11 N–H and O–H groups in total. The van der Waals surface area contributed by atoms with E-state index in [9.17, 15) is 88.8 Å². The molecule has 0 aliphatic carbocycles. The van der Waals surface area contributed by atoms with Crippen molar-refractivity contribution >= 4 is 121 Å². The molecule has 0 saturated heterocycles. The van der Waals surface area contributed by atoms with Crippen LogP contribution in [0.25, 0.3) is 0 Å². The smallest absolute Gasteiger partial charge is 0.294 e. The number of allylic oxidation sites excluding steroid dienone is 5. The van der Waals surface area contributed by atoms with Gasteiger partial charge in [0.2, 0.25) is 46.1 Å². The number of benzene rings is 2. The van der Waals surface area contributed by atoms with Crippen LogP contribution in [0, 0.1) is 0 Å². The molecule has 0 bridgehead atoms. The molecule has 5 amide bonds. The lowest BCUT2D eigenvalue weighted by atomic mass is 9.77. The second-order valence-electron chi connectivity index (χ2n) is 24.6. The third-order valence-electron chi connectivity index (χ3n) is 16.7. The number of anilines is 3. The largest absolute Gasteiger partial charge is 0.364 e. The quantitative estimate of drug-likeness (QED) is 0.0688. The van der Waals surface area contributed by atoms with Crippen molar-refractivity contribution < 1.29 is 88.8 Å². The van der Waals surface area contributed by atoms with E-state index in [1.807, 2.05) is 61.8 Å². The third kappa shape index (κ3) is 24.5. The fraction of sp³-hybridized carbons (Fsp3) is 0.559. The molecule has 538 valence electrons. The average molecular weight is 1500 g/mol. The van der Waals surface area contributed by atoms with Crippen molar-refractivity contribution in [3.05, 3.63) is 94.2 Å². The Balaban J connectivity index is 1.32. The van der Waals surface area contributed by atoms with Crippen LogP contribution in [0.5, 0.6) is 0 Å². The van der Waals surface area contributed by atoms with E-state index in [1.54, 1.807) is 12.1 Å². The number of rotatable bonds is 16. The molecule has 31 nitrogen and oxygen atoms in total. The first kappa shape index (κ1) is 79.5. The minimum Gasteiger partial charge on any atom is -0.364 e. The summed E-state index contributed by atoms with van der Waals surface area (Å²) in [5, 5.41) is 14.0. The zero-order valence-electron chi connectivity index (χ0n) is 53.5. The van der Waals surface area contributed by atoms with Gasteiger partial charge in [-0.05, 0) is 142 Å². The van der Waals surface area contributed by atoms with E-state index in [1.165, 1.54) is 24.3 Å². The summed E-state index contributed by atoms with van der Waals surface area (Å²) in [6, 6.07) is 1.59. The van der Waals surface area contributed by atoms with Gasteiger partial charge in [0.15, 0.2) is 0 Å². The Morgan fingerprint density at radius 2 is 1.07 bits per heavy atom. The van der Waals surface area contributed by atoms with Gasteiger partial charge in [-0.1, -0.05) is 70.3 Å². The van der Waals surface area contributed by atoms with Gasteiger partial charge in [-0.25, -0.2) is 0 Å². The van der Waals surface area contributed by atoms with Crippen LogP contribution in [0.15, 0.2) is 82.3 Å². The molecular formula is C59H83Cl2N11O20S5. The molecule has 3 aliphatic rings. The standard InChI is InChI=1S/C59H83Cl2N11O20S5/c1-58(2)41-34-39(96(87,88)89)24-26-46(41)71-32-19-8-13-22-50(73)62-29-16-9-17-30-63-52(75)43(36-93(78,79)80)66-54(77)45(38-95(84,85)86)67-53(76)44(37-94(81,82)83)65-51(74)23-12-7-14-28-59(3)42-35-40(97(90,91)92)25-27-47(42)72(49(59)21-11-6-10-20-48(58)71)33-18-5-4-15-31-64-57-69-55(60)68-56(61)70-57/h6,10-11,20-21,24-27,34-35,43-45,48H,4-5,7-9,12-19,22-23,28-33,36-38H2,1-3H3,(H,62,73)(H,63,75)(H,65,74)(H,66,77)(H,67,76)(H,78,79,80)(H,81,82,83)(H,84,85,86)(H,87,88,89)(H,90,91,92)(H,64,68,69,70). The SMILES string of the molecule is CC12CCCCCC(=O)NC(CS(=O)(=O)O)C(=O)NC(CS(=O)(=O)O)C(=O)NC(CS(=O)(=O)O)C(=O)NCCCCCNC(=O)CCCCCN3c4ccc(S(=O)(=O)O)cc4C(C)(C)C3C=CC=CC=C1N(CCCCCCNc1nc(Cl)nc(Cl)n1)c1ccc(S(=O)(=O)O)cc12. The molecule has 5 atom stereocenters. The molecule has 0 radical (unpaired) electrons. The van der Waals surface area contributed by atoms with Gasteiger partial charge >= 0.3 is 0 Å². The Bertz CT molecular complexity index is 4030. The minimum atomic E-state index is -5.24. The first-order chi connectivity index (χ1) is 45.3. The van der Waals surface area contributed by atoms with Gasteiger partial charge in [0.05, 0.1) is 15.8 Å². The first-order valence-corrected chi connectivity index (χ1v) is 39.7. The summed E-state index contributed by atoms with van der Waals surface area (Å²) in [4.78, 5) is 82.4. The van der Waals surface area contributed by atoms with E-state index in [2.05, 4.69) is 46.0 Å². The number of nitrogens with one attached hydrogen (secondary N) is 6. The first-order valence-electron chi connectivity index (χ1n) is 31.2. The van der Waals surface area contributed by atoms with Gasteiger partial charge in [0.1, 0.15) is 35.4 Å². The topological polar surface area (TPSA) is 475 Å². The van der Waals surface area contributed by atoms with Crippen LogP contribution in [0.3, 0.4) is 0 Å². The Morgan fingerprint density at radius 1 is 0.557 bits per heavy atom. The summed E-state index contributed by atoms with van der Waals surface area (Å²) in [6.45, 7) is 7.34. The van der Waals surface area contributed by atoms with Gasteiger partial charge in [-0.2, -0.15) is 57.0 Å². The van der Waals surface area contributed by atoms with E-state index in [4.69, 9.17) is 23.2 Å². The van der Waals surface area contributed by atoms with Crippen molar-refractivity contribution in [2.75, 3.05) is 65.1 Å². The molecule has 2 aromatic carbocycles. The number of amides is 5. The van der Waals surface area contributed by atoms with Crippen LogP contribution in [0.2, 0.25) is 10.6 Å². The van der Waals surface area contributed by atoms with Crippen LogP contribution in [-0.2, 0) is 85.4 Å². The van der Waals surface area contributed by atoms with Crippen molar-refractivity contribution in [1.29, 1.82) is 0 Å². The number of halogens is 2. The monoisotopic (exact) mass is 1500 g/mol. The number of hydrogen-bond donors (Lipinski definition) is 11. The van der Waals surface area contributed by atoms with Crippen LogP contribution in [0.4, 0.5) is 17.3 Å². The van der Waals surface area contributed by atoms with Gasteiger partial charge in [0, 0.05) is 73.5 Å². The van der Waals surface area contributed by atoms with Crippen LogP contribution < -0.4 is 41.7 Å². The van der Waals surface area contributed by atoms with E-state index < -0.39 is 127 Å². The molecule has 3 aromatic rings. The zero-order chi connectivity index (χ0) is 71.7. The summed E-state index contributed by atoms with van der Waals surface area (Å²) >= 11 is 11.9. The molecule has 5 unspecified atom stereocenters.